The molecule has 21 heavy (non-hydrogen) atoms. The van der Waals surface area contributed by atoms with E-state index in [2.05, 4.69) is 55.5 Å². The molecule has 0 saturated carbocycles. The quantitative estimate of drug-likeness (QED) is 0.829. The molecular weight excluding hydrogens is 254 g/mol. The summed E-state index contributed by atoms with van der Waals surface area (Å²) in [4.78, 5) is 0. The fraction of sp³-hybridized carbons (Fsp3) is 0.400. The molecular formula is C20H25N. The molecule has 0 radical (unpaired) electrons. The van der Waals surface area contributed by atoms with Gasteiger partial charge in [0.05, 0.1) is 0 Å². The maximum absolute atomic E-state index is 6.87. The number of rotatable bonds is 3. The third-order valence-electron chi connectivity index (χ3n) is 4.82. The van der Waals surface area contributed by atoms with Gasteiger partial charge in [0.1, 0.15) is 0 Å². The van der Waals surface area contributed by atoms with Gasteiger partial charge in [-0.1, -0.05) is 61.9 Å². The molecule has 2 aromatic rings. The van der Waals surface area contributed by atoms with Gasteiger partial charge in [-0.25, -0.2) is 0 Å². The monoisotopic (exact) mass is 279 g/mol. The largest absolute Gasteiger partial charge is 0.321 e. The van der Waals surface area contributed by atoms with E-state index in [0.29, 0.717) is 0 Å². The summed E-state index contributed by atoms with van der Waals surface area (Å²) in [7, 11) is 0. The Morgan fingerprint density at radius 1 is 0.952 bits per heavy atom. The molecule has 1 heteroatoms. The van der Waals surface area contributed by atoms with Gasteiger partial charge in [-0.15, -0.1) is 0 Å². The molecule has 0 heterocycles. The van der Waals surface area contributed by atoms with Crippen LogP contribution in [0.4, 0.5) is 0 Å². The van der Waals surface area contributed by atoms with Gasteiger partial charge in [-0.05, 0) is 54.4 Å². The smallest absolute Gasteiger partial charge is 0.0453 e. The Morgan fingerprint density at radius 2 is 1.67 bits per heavy atom. The number of hydrogen-bond donors (Lipinski definition) is 1. The van der Waals surface area contributed by atoms with Crippen molar-refractivity contribution in [3.8, 4) is 0 Å². The third kappa shape index (κ3) is 3.03. The molecule has 0 saturated heterocycles. The molecule has 3 rings (SSSR count). The molecule has 0 fully saturated rings. The Morgan fingerprint density at radius 3 is 2.43 bits per heavy atom. The van der Waals surface area contributed by atoms with Crippen LogP contribution in [0.3, 0.4) is 0 Å². The highest BCUT2D eigenvalue weighted by molar-refractivity contribution is 5.37. The van der Waals surface area contributed by atoms with E-state index in [0.717, 1.165) is 19.3 Å². The summed E-state index contributed by atoms with van der Waals surface area (Å²) in [6, 6.07) is 17.7. The van der Waals surface area contributed by atoms with Crippen molar-refractivity contribution in [2.45, 2.75) is 51.0 Å². The van der Waals surface area contributed by atoms with E-state index < -0.39 is 0 Å². The van der Waals surface area contributed by atoms with E-state index in [1.807, 2.05) is 0 Å². The summed E-state index contributed by atoms with van der Waals surface area (Å²) >= 11 is 0. The predicted molar refractivity (Wildman–Crippen MR) is 89.4 cm³/mol. The highest BCUT2D eigenvalue weighted by Gasteiger charge is 2.31. The first-order valence-electron chi connectivity index (χ1n) is 8.16. The van der Waals surface area contributed by atoms with E-state index in [1.165, 1.54) is 41.5 Å². The summed E-state index contributed by atoms with van der Waals surface area (Å²) in [6.07, 6.45) is 6.76. The Hall–Kier alpha value is -1.60. The van der Waals surface area contributed by atoms with Crippen LogP contribution in [0.5, 0.6) is 0 Å². The molecule has 0 amide bonds. The van der Waals surface area contributed by atoms with E-state index >= 15 is 0 Å². The molecule has 110 valence electrons. The van der Waals surface area contributed by atoms with Gasteiger partial charge >= 0.3 is 0 Å². The fourth-order valence-electron chi connectivity index (χ4n) is 3.56. The number of aryl methyl sites for hydroxylation is 2. The van der Waals surface area contributed by atoms with E-state index in [9.17, 15) is 0 Å². The SMILES string of the molecule is CCc1ccc(CC2(N)CCCCc3ccccc32)cc1. The second kappa shape index (κ2) is 6.03. The minimum atomic E-state index is -0.208. The minimum Gasteiger partial charge on any atom is -0.321 e. The first kappa shape index (κ1) is 14.3. The molecule has 0 aliphatic heterocycles. The normalized spacial score (nSPS) is 21.6. The summed E-state index contributed by atoms with van der Waals surface area (Å²) in [6.45, 7) is 2.20. The highest BCUT2D eigenvalue weighted by atomic mass is 14.7. The Bertz CT molecular complexity index is 599. The summed E-state index contributed by atoms with van der Waals surface area (Å²) in [5.41, 5.74) is 12.2. The van der Waals surface area contributed by atoms with Crippen molar-refractivity contribution in [3.63, 3.8) is 0 Å². The first-order valence-corrected chi connectivity index (χ1v) is 8.16. The molecule has 0 aromatic heterocycles. The Kier molecular flexibility index (Phi) is 4.12. The van der Waals surface area contributed by atoms with E-state index in [4.69, 9.17) is 5.73 Å². The lowest BCUT2D eigenvalue weighted by atomic mass is 9.80. The molecule has 1 nitrogen and oxygen atoms in total. The topological polar surface area (TPSA) is 26.0 Å². The van der Waals surface area contributed by atoms with Crippen LogP contribution in [0.2, 0.25) is 0 Å². The van der Waals surface area contributed by atoms with Crippen molar-refractivity contribution in [1.29, 1.82) is 0 Å². The Labute approximate surface area is 128 Å². The van der Waals surface area contributed by atoms with Crippen LogP contribution < -0.4 is 5.73 Å². The van der Waals surface area contributed by atoms with Gasteiger partial charge in [0.2, 0.25) is 0 Å². The molecule has 0 spiro atoms. The van der Waals surface area contributed by atoms with Gasteiger partial charge in [-0.2, -0.15) is 0 Å². The zero-order valence-electron chi connectivity index (χ0n) is 12.9. The van der Waals surface area contributed by atoms with Crippen molar-refractivity contribution in [2.24, 2.45) is 5.73 Å². The van der Waals surface area contributed by atoms with Gasteiger partial charge in [0.15, 0.2) is 0 Å². The second-order valence-electron chi connectivity index (χ2n) is 6.37. The number of fused-ring (bicyclic) bond motifs is 1. The molecule has 1 aliphatic rings. The lowest BCUT2D eigenvalue weighted by Crippen LogP contribution is -2.39. The van der Waals surface area contributed by atoms with Crippen molar-refractivity contribution < 1.29 is 0 Å². The van der Waals surface area contributed by atoms with Gasteiger partial charge < -0.3 is 5.73 Å². The van der Waals surface area contributed by atoms with Gasteiger partial charge in [-0.3, -0.25) is 0 Å². The predicted octanol–water partition coefficient (Wildman–Crippen LogP) is 4.37. The summed E-state index contributed by atoms with van der Waals surface area (Å²) in [5.74, 6) is 0. The molecule has 2 aromatic carbocycles. The molecule has 0 bridgehead atoms. The van der Waals surface area contributed by atoms with Crippen LogP contribution in [0, 0.1) is 0 Å². The van der Waals surface area contributed by atoms with Crippen LogP contribution in [-0.4, -0.2) is 0 Å². The van der Waals surface area contributed by atoms with Crippen molar-refractivity contribution >= 4 is 0 Å². The highest BCUT2D eigenvalue weighted by Crippen LogP contribution is 2.34. The second-order valence-corrected chi connectivity index (χ2v) is 6.37. The maximum atomic E-state index is 6.87. The third-order valence-corrected chi connectivity index (χ3v) is 4.82. The summed E-state index contributed by atoms with van der Waals surface area (Å²) in [5, 5.41) is 0. The lowest BCUT2D eigenvalue weighted by Gasteiger charge is -2.30. The standard InChI is InChI=1S/C20H25N/c1-2-16-10-12-17(13-11-16)15-20(21)14-6-5-8-18-7-3-4-9-19(18)20/h3-4,7,9-13H,2,5-6,8,14-15,21H2,1H3. The molecule has 2 N–H and O–H groups in total. The first-order chi connectivity index (χ1) is 10.2. The maximum Gasteiger partial charge on any atom is 0.0453 e. The fourth-order valence-corrected chi connectivity index (χ4v) is 3.56. The number of benzene rings is 2. The van der Waals surface area contributed by atoms with Crippen LogP contribution >= 0.6 is 0 Å². The Balaban J connectivity index is 1.91. The van der Waals surface area contributed by atoms with Crippen LogP contribution in [0.15, 0.2) is 48.5 Å². The van der Waals surface area contributed by atoms with Crippen LogP contribution in [-0.2, 0) is 24.8 Å². The number of hydrogen-bond acceptors (Lipinski definition) is 1. The molecule has 1 unspecified atom stereocenters. The molecule has 1 aliphatic carbocycles. The minimum absolute atomic E-state index is 0.208. The molecule has 1 atom stereocenters. The van der Waals surface area contributed by atoms with E-state index in [1.54, 1.807) is 0 Å². The van der Waals surface area contributed by atoms with Crippen molar-refractivity contribution in [2.75, 3.05) is 0 Å². The van der Waals surface area contributed by atoms with Gasteiger partial charge in [0, 0.05) is 5.54 Å². The zero-order chi connectivity index (χ0) is 14.7. The lowest BCUT2D eigenvalue weighted by molar-refractivity contribution is 0.398. The zero-order valence-corrected chi connectivity index (χ0v) is 12.9. The average molecular weight is 279 g/mol. The van der Waals surface area contributed by atoms with E-state index in [-0.39, 0.29) is 5.54 Å². The van der Waals surface area contributed by atoms with Crippen molar-refractivity contribution in [3.05, 3.63) is 70.8 Å². The van der Waals surface area contributed by atoms with Crippen LogP contribution in [0.25, 0.3) is 0 Å². The average Bonchev–Trinajstić information content (AvgIpc) is 2.68. The van der Waals surface area contributed by atoms with Gasteiger partial charge in [0.25, 0.3) is 0 Å². The van der Waals surface area contributed by atoms with Crippen molar-refractivity contribution in [1.82, 2.24) is 0 Å². The van der Waals surface area contributed by atoms with Crippen LogP contribution in [0.1, 0.15) is 48.4 Å². The summed E-state index contributed by atoms with van der Waals surface area (Å²) < 4.78 is 0. The number of nitrogens with two attached hydrogens (primary N) is 1.